The van der Waals surface area contributed by atoms with Gasteiger partial charge in [-0.1, -0.05) is 0 Å². The maximum absolute atomic E-state index is 10.0. The lowest BCUT2D eigenvalue weighted by Crippen LogP contribution is -2.43. The molecule has 52 valence electrons. The van der Waals surface area contributed by atoms with Crippen LogP contribution in [-0.2, 0) is 4.74 Å². The lowest BCUT2D eigenvalue weighted by molar-refractivity contribution is -0.528. The van der Waals surface area contributed by atoms with Crippen LogP contribution in [0.25, 0.3) is 0 Å². The van der Waals surface area contributed by atoms with E-state index in [4.69, 9.17) is 4.74 Å². The molecule has 5 nitrogen and oxygen atoms in total. The van der Waals surface area contributed by atoms with Gasteiger partial charge in [0.25, 0.3) is 0 Å². The third-order valence-electron chi connectivity index (χ3n) is 1.19. The SMILES string of the molecule is O=[N+]([O-])C1CNCOC1. The van der Waals surface area contributed by atoms with Crippen molar-refractivity contribution in [1.82, 2.24) is 5.32 Å². The quantitative estimate of drug-likeness (QED) is 0.375. The van der Waals surface area contributed by atoms with Gasteiger partial charge in [0.15, 0.2) is 0 Å². The van der Waals surface area contributed by atoms with Crippen molar-refractivity contribution in [1.29, 1.82) is 0 Å². The molecule has 0 aliphatic carbocycles. The van der Waals surface area contributed by atoms with Gasteiger partial charge in [-0.2, -0.15) is 0 Å². The van der Waals surface area contributed by atoms with E-state index in [0.717, 1.165) is 0 Å². The number of rotatable bonds is 1. The van der Waals surface area contributed by atoms with Gasteiger partial charge >= 0.3 is 0 Å². The largest absolute Gasteiger partial charge is 0.359 e. The van der Waals surface area contributed by atoms with Gasteiger partial charge in [0, 0.05) is 4.92 Å². The predicted octanol–water partition coefficient (Wildman–Crippen LogP) is -0.791. The van der Waals surface area contributed by atoms with E-state index in [1.165, 1.54) is 0 Å². The Morgan fingerprint density at radius 2 is 2.56 bits per heavy atom. The Labute approximate surface area is 52.1 Å². The van der Waals surface area contributed by atoms with E-state index in [9.17, 15) is 10.1 Å². The first-order valence-corrected chi connectivity index (χ1v) is 2.72. The van der Waals surface area contributed by atoms with Gasteiger partial charge in [-0.3, -0.25) is 15.4 Å². The lowest BCUT2D eigenvalue weighted by Gasteiger charge is -2.15. The Hall–Kier alpha value is -0.680. The van der Waals surface area contributed by atoms with Gasteiger partial charge < -0.3 is 4.74 Å². The van der Waals surface area contributed by atoms with Crippen molar-refractivity contribution >= 4 is 0 Å². The molecule has 9 heavy (non-hydrogen) atoms. The van der Waals surface area contributed by atoms with Gasteiger partial charge in [0.1, 0.15) is 6.61 Å². The second-order valence-corrected chi connectivity index (χ2v) is 1.91. The Morgan fingerprint density at radius 3 is 2.89 bits per heavy atom. The smallest absolute Gasteiger partial charge is 0.248 e. The zero-order chi connectivity index (χ0) is 6.69. The van der Waals surface area contributed by atoms with Crippen LogP contribution >= 0.6 is 0 Å². The number of hydrogen-bond acceptors (Lipinski definition) is 4. The van der Waals surface area contributed by atoms with Crippen LogP contribution in [0.1, 0.15) is 0 Å². The fourth-order valence-corrected chi connectivity index (χ4v) is 0.687. The first kappa shape index (κ1) is 6.44. The summed E-state index contributed by atoms with van der Waals surface area (Å²) in [6.07, 6.45) is 0. The zero-order valence-corrected chi connectivity index (χ0v) is 4.87. The van der Waals surface area contributed by atoms with Crippen LogP contribution in [0.15, 0.2) is 0 Å². The molecule has 1 rings (SSSR count). The van der Waals surface area contributed by atoms with E-state index in [-0.39, 0.29) is 11.5 Å². The number of nitro groups is 1. The van der Waals surface area contributed by atoms with Crippen LogP contribution in [0.4, 0.5) is 0 Å². The summed E-state index contributed by atoms with van der Waals surface area (Å²) in [6, 6.07) is -0.557. The van der Waals surface area contributed by atoms with Crippen molar-refractivity contribution < 1.29 is 9.66 Å². The lowest BCUT2D eigenvalue weighted by atomic mass is 10.3. The van der Waals surface area contributed by atoms with Crippen molar-refractivity contribution in [2.24, 2.45) is 0 Å². The highest BCUT2D eigenvalue weighted by atomic mass is 16.6. The Morgan fingerprint density at radius 1 is 1.78 bits per heavy atom. The van der Waals surface area contributed by atoms with Crippen molar-refractivity contribution in [2.75, 3.05) is 19.9 Å². The zero-order valence-electron chi connectivity index (χ0n) is 4.87. The van der Waals surface area contributed by atoms with Crippen LogP contribution in [0.2, 0.25) is 0 Å². The molecule has 1 aliphatic heterocycles. The van der Waals surface area contributed by atoms with Crippen molar-refractivity contribution in [3.8, 4) is 0 Å². The van der Waals surface area contributed by atoms with E-state index in [2.05, 4.69) is 5.32 Å². The molecule has 0 aromatic rings. The fraction of sp³-hybridized carbons (Fsp3) is 1.00. The molecule has 5 heteroatoms. The number of nitrogens with zero attached hydrogens (tertiary/aromatic N) is 1. The van der Waals surface area contributed by atoms with Crippen LogP contribution in [-0.4, -0.2) is 30.8 Å². The number of ether oxygens (including phenoxy) is 1. The minimum absolute atomic E-state index is 0.236. The summed E-state index contributed by atoms with van der Waals surface area (Å²) in [6.45, 7) is 1.09. The average molecular weight is 132 g/mol. The van der Waals surface area contributed by atoms with Crippen molar-refractivity contribution in [3.05, 3.63) is 10.1 Å². The molecule has 0 saturated carbocycles. The van der Waals surface area contributed by atoms with E-state index in [1.54, 1.807) is 0 Å². The molecular weight excluding hydrogens is 124 g/mol. The minimum Gasteiger partial charge on any atom is -0.359 e. The van der Waals surface area contributed by atoms with Gasteiger partial charge in [-0.15, -0.1) is 0 Å². The van der Waals surface area contributed by atoms with Gasteiger partial charge in [0.2, 0.25) is 6.04 Å². The highest BCUT2D eigenvalue weighted by molar-refractivity contribution is 4.61. The van der Waals surface area contributed by atoms with Crippen LogP contribution in [0.3, 0.4) is 0 Å². The maximum Gasteiger partial charge on any atom is 0.248 e. The molecule has 1 heterocycles. The molecule has 1 aliphatic rings. The third kappa shape index (κ3) is 1.62. The Kier molecular flexibility index (Phi) is 1.96. The summed E-state index contributed by atoms with van der Waals surface area (Å²) < 4.78 is 4.79. The molecule has 0 spiro atoms. The van der Waals surface area contributed by atoms with Crippen LogP contribution in [0.5, 0.6) is 0 Å². The molecule has 0 amide bonds. The normalized spacial score (nSPS) is 27.8. The summed E-state index contributed by atoms with van der Waals surface area (Å²) in [5.74, 6) is 0. The summed E-state index contributed by atoms with van der Waals surface area (Å²) in [4.78, 5) is 9.71. The molecule has 0 aromatic carbocycles. The molecular formula is C4H8N2O3. The predicted molar refractivity (Wildman–Crippen MR) is 29.6 cm³/mol. The molecule has 1 fully saturated rings. The van der Waals surface area contributed by atoms with Gasteiger partial charge in [-0.25, -0.2) is 0 Å². The topological polar surface area (TPSA) is 64.4 Å². The molecule has 0 radical (unpaired) electrons. The van der Waals surface area contributed by atoms with E-state index in [1.807, 2.05) is 0 Å². The second kappa shape index (κ2) is 2.75. The average Bonchev–Trinajstić information content (AvgIpc) is 1.90. The van der Waals surface area contributed by atoms with E-state index in [0.29, 0.717) is 13.3 Å². The maximum atomic E-state index is 10.0. The minimum atomic E-state index is -0.557. The van der Waals surface area contributed by atoms with Crippen LogP contribution in [0, 0.1) is 10.1 Å². The number of nitrogens with one attached hydrogen (secondary N) is 1. The van der Waals surface area contributed by atoms with Gasteiger partial charge in [-0.05, 0) is 0 Å². The van der Waals surface area contributed by atoms with Crippen molar-refractivity contribution in [3.63, 3.8) is 0 Å². The highest BCUT2D eigenvalue weighted by Crippen LogP contribution is 1.93. The number of hydrogen-bond donors (Lipinski definition) is 1. The summed E-state index contributed by atoms with van der Waals surface area (Å²) >= 11 is 0. The molecule has 0 bridgehead atoms. The second-order valence-electron chi connectivity index (χ2n) is 1.91. The molecule has 1 saturated heterocycles. The standard InChI is InChI=1S/C4H8N2O3/c7-6(8)4-1-5-3-9-2-4/h4-5H,1-3H2. The van der Waals surface area contributed by atoms with Gasteiger partial charge in [0.05, 0.1) is 13.3 Å². The Balaban J connectivity index is 2.31. The summed E-state index contributed by atoms with van der Waals surface area (Å²) in [7, 11) is 0. The van der Waals surface area contributed by atoms with Crippen LogP contribution < -0.4 is 5.32 Å². The summed E-state index contributed by atoms with van der Waals surface area (Å²) in [5.41, 5.74) is 0. The first-order chi connectivity index (χ1) is 4.30. The Bertz CT molecular complexity index is 110. The molecule has 0 aromatic heterocycles. The van der Waals surface area contributed by atoms with Crippen molar-refractivity contribution in [2.45, 2.75) is 6.04 Å². The van der Waals surface area contributed by atoms with E-state index >= 15 is 0 Å². The molecule has 1 atom stereocenters. The monoisotopic (exact) mass is 132 g/mol. The highest BCUT2D eigenvalue weighted by Gasteiger charge is 2.22. The third-order valence-corrected chi connectivity index (χ3v) is 1.19. The fourth-order valence-electron chi connectivity index (χ4n) is 0.687. The molecule has 1 unspecified atom stereocenters. The summed E-state index contributed by atoms with van der Waals surface area (Å²) in [5, 5.41) is 12.8. The molecule has 1 N–H and O–H groups in total. The first-order valence-electron chi connectivity index (χ1n) is 2.72. The van der Waals surface area contributed by atoms with E-state index < -0.39 is 6.04 Å².